The first-order valence-electron chi connectivity index (χ1n) is 6.32. The predicted octanol–water partition coefficient (Wildman–Crippen LogP) is 1.63. The van der Waals surface area contributed by atoms with E-state index in [4.69, 9.17) is 15.9 Å². The van der Waals surface area contributed by atoms with E-state index in [1.54, 1.807) is 0 Å². The SMILES string of the molecule is CC(C)CC(N)C(=O)O.O=C(O)CNc1ccccc1. The number of rotatable bonds is 6. The fraction of sp³-hybridized carbons (Fsp3) is 0.429. The van der Waals surface area contributed by atoms with Crippen LogP contribution in [0.25, 0.3) is 0 Å². The van der Waals surface area contributed by atoms with E-state index >= 15 is 0 Å². The fourth-order valence-corrected chi connectivity index (χ4v) is 1.34. The molecule has 0 aliphatic rings. The predicted molar refractivity (Wildman–Crippen MR) is 77.6 cm³/mol. The molecule has 0 heterocycles. The number of carboxylic acid groups (broad SMARTS) is 2. The zero-order valence-corrected chi connectivity index (χ0v) is 11.7. The summed E-state index contributed by atoms with van der Waals surface area (Å²) in [4.78, 5) is 20.2. The first kappa shape index (κ1) is 17.9. The van der Waals surface area contributed by atoms with Gasteiger partial charge in [-0.05, 0) is 24.5 Å². The molecule has 0 aliphatic heterocycles. The molecule has 0 spiro atoms. The van der Waals surface area contributed by atoms with Gasteiger partial charge >= 0.3 is 11.9 Å². The summed E-state index contributed by atoms with van der Waals surface area (Å²) in [6.45, 7) is 3.86. The topological polar surface area (TPSA) is 113 Å². The smallest absolute Gasteiger partial charge is 0.322 e. The Morgan fingerprint density at radius 2 is 1.75 bits per heavy atom. The first-order chi connectivity index (χ1) is 9.32. The lowest BCUT2D eigenvalue weighted by atomic mass is 10.1. The molecule has 0 saturated heterocycles. The van der Waals surface area contributed by atoms with Crippen molar-refractivity contribution in [3.05, 3.63) is 30.3 Å². The summed E-state index contributed by atoms with van der Waals surface area (Å²) in [7, 11) is 0. The number of carboxylic acids is 2. The number of hydrogen-bond acceptors (Lipinski definition) is 4. The van der Waals surface area contributed by atoms with E-state index in [2.05, 4.69) is 5.32 Å². The minimum atomic E-state index is -0.913. The van der Waals surface area contributed by atoms with Crippen molar-refractivity contribution >= 4 is 17.6 Å². The van der Waals surface area contributed by atoms with E-state index in [0.717, 1.165) is 5.69 Å². The van der Waals surface area contributed by atoms with Crippen molar-refractivity contribution in [3.8, 4) is 0 Å². The molecule has 1 atom stereocenters. The maximum atomic E-state index is 10.1. The third-order valence-electron chi connectivity index (χ3n) is 2.26. The summed E-state index contributed by atoms with van der Waals surface area (Å²) in [5.74, 6) is -1.41. The van der Waals surface area contributed by atoms with Gasteiger partial charge in [-0.25, -0.2) is 0 Å². The molecule has 112 valence electrons. The van der Waals surface area contributed by atoms with Crippen LogP contribution in [0.1, 0.15) is 20.3 Å². The van der Waals surface area contributed by atoms with Gasteiger partial charge in [0.15, 0.2) is 0 Å². The normalized spacial score (nSPS) is 11.2. The van der Waals surface area contributed by atoms with E-state index in [-0.39, 0.29) is 6.54 Å². The largest absolute Gasteiger partial charge is 0.480 e. The Kier molecular flexibility index (Phi) is 8.78. The summed E-state index contributed by atoms with van der Waals surface area (Å²) in [6, 6.07) is 8.54. The van der Waals surface area contributed by atoms with Crippen LogP contribution >= 0.6 is 0 Å². The Morgan fingerprint density at radius 1 is 1.20 bits per heavy atom. The van der Waals surface area contributed by atoms with E-state index in [0.29, 0.717) is 12.3 Å². The number of carbonyl (C=O) groups is 2. The van der Waals surface area contributed by atoms with Gasteiger partial charge in [0.2, 0.25) is 0 Å². The summed E-state index contributed by atoms with van der Waals surface area (Å²) in [6.07, 6.45) is 0.551. The molecule has 1 unspecified atom stereocenters. The molecule has 5 N–H and O–H groups in total. The summed E-state index contributed by atoms with van der Waals surface area (Å²) in [5.41, 5.74) is 6.05. The highest BCUT2D eigenvalue weighted by Gasteiger charge is 2.11. The van der Waals surface area contributed by atoms with Crippen LogP contribution in [0.3, 0.4) is 0 Å². The van der Waals surface area contributed by atoms with E-state index < -0.39 is 18.0 Å². The van der Waals surface area contributed by atoms with Crippen LogP contribution in [0, 0.1) is 5.92 Å². The van der Waals surface area contributed by atoms with E-state index in [9.17, 15) is 9.59 Å². The number of hydrogen-bond donors (Lipinski definition) is 4. The van der Waals surface area contributed by atoms with Crippen LogP contribution in [0.2, 0.25) is 0 Å². The zero-order chi connectivity index (χ0) is 15.5. The third-order valence-corrected chi connectivity index (χ3v) is 2.26. The van der Waals surface area contributed by atoms with Crippen LogP contribution in [0.5, 0.6) is 0 Å². The molecule has 0 radical (unpaired) electrons. The van der Waals surface area contributed by atoms with Crippen LogP contribution < -0.4 is 11.1 Å². The van der Waals surface area contributed by atoms with Crippen LogP contribution in [0.4, 0.5) is 5.69 Å². The monoisotopic (exact) mass is 282 g/mol. The minimum Gasteiger partial charge on any atom is -0.480 e. The van der Waals surface area contributed by atoms with Crippen molar-refractivity contribution in [1.82, 2.24) is 0 Å². The minimum absolute atomic E-state index is 0.0377. The second-order valence-corrected chi connectivity index (χ2v) is 4.69. The maximum Gasteiger partial charge on any atom is 0.322 e. The Bertz CT molecular complexity index is 407. The molecule has 0 aromatic heterocycles. The van der Waals surface area contributed by atoms with Crippen molar-refractivity contribution in [3.63, 3.8) is 0 Å². The van der Waals surface area contributed by atoms with Gasteiger partial charge in [0.05, 0.1) is 0 Å². The second-order valence-electron chi connectivity index (χ2n) is 4.69. The Balaban J connectivity index is 0.000000370. The van der Waals surface area contributed by atoms with Gasteiger partial charge < -0.3 is 21.3 Å². The quantitative estimate of drug-likeness (QED) is 0.630. The number of aliphatic carboxylic acids is 2. The number of para-hydroxylation sites is 1. The Morgan fingerprint density at radius 3 is 2.10 bits per heavy atom. The lowest BCUT2D eigenvalue weighted by Gasteiger charge is -2.07. The highest BCUT2D eigenvalue weighted by Crippen LogP contribution is 2.03. The first-order valence-corrected chi connectivity index (χ1v) is 6.32. The van der Waals surface area contributed by atoms with Gasteiger partial charge in [0.1, 0.15) is 12.6 Å². The standard InChI is InChI=1S/C8H9NO2.C6H13NO2/c10-8(11)6-9-7-4-2-1-3-5-7;1-4(2)3-5(7)6(8)9/h1-5,9H,6H2,(H,10,11);4-5H,3,7H2,1-2H3,(H,8,9). The summed E-state index contributed by atoms with van der Waals surface area (Å²) >= 11 is 0. The molecule has 6 heteroatoms. The van der Waals surface area contributed by atoms with Gasteiger partial charge in [0.25, 0.3) is 0 Å². The fourth-order valence-electron chi connectivity index (χ4n) is 1.34. The molecular weight excluding hydrogens is 260 g/mol. The zero-order valence-electron chi connectivity index (χ0n) is 11.7. The van der Waals surface area contributed by atoms with Crippen molar-refractivity contribution < 1.29 is 19.8 Å². The Labute approximate surface area is 118 Å². The molecule has 1 aromatic carbocycles. The number of benzene rings is 1. The third kappa shape index (κ3) is 9.90. The van der Waals surface area contributed by atoms with Gasteiger partial charge in [-0.2, -0.15) is 0 Å². The maximum absolute atomic E-state index is 10.1. The molecular formula is C14H22N2O4. The second kappa shape index (κ2) is 9.80. The van der Waals surface area contributed by atoms with Crippen molar-refractivity contribution in [2.75, 3.05) is 11.9 Å². The average molecular weight is 282 g/mol. The van der Waals surface area contributed by atoms with Crippen LogP contribution in [-0.2, 0) is 9.59 Å². The van der Waals surface area contributed by atoms with Crippen molar-refractivity contribution in [2.24, 2.45) is 11.7 Å². The number of nitrogens with two attached hydrogens (primary N) is 1. The van der Waals surface area contributed by atoms with Gasteiger partial charge in [-0.3, -0.25) is 9.59 Å². The average Bonchev–Trinajstić information content (AvgIpc) is 2.37. The lowest BCUT2D eigenvalue weighted by molar-refractivity contribution is -0.139. The highest BCUT2D eigenvalue weighted by molar-refractivity contribution is 5.73. The molecule has 0 amide bonds. The van der Waals surface area contributed by atoms with E-state index in [1.807, 2.05) is 44.2 Å². The molecule has 1 aromatic rings. The molecule has 0 fully saturated rings. The molecule has 0 saturated carbocycles. The van der Waals surface area contributed by atoms with Crippen LogP contribution in [-0.4, -0.2) is 34.7 Å². The Hall–Kier alpha value is -2.08. The molecule has 20 heavy (non-hydrogen) atoms. The van der Waals surface area contributed by atoms with Crippen molar-refractivity contribution in [2.45, 2.75) is 26.3 Å². The van der Waals surface area contributed by atoms with E-state index in [1.165, 1.54) is 0 Å². The number of nitrogens with one attached hydrogen (secondary N) is 1. The lowest BCUT2D eigenvalue weighted by Crippen LogP contribution is -2.31. The summed E-state index contributed by atoms with van der Waals surface area (Å²) < 4.78 is 0. The van der Waals surface area contributed by atoms with Gasteiger partial charge in [-0.1, -0.05) is 32.0 Å². The molecule has 0 bridgehead atoms. The van der Waals surface area contributed by atoms with Crippen molar-refractivity contribution in [1.29, 1.82) is 0 Å². The van der Waals surface area contributed by atoms with Gasteiger partial charge in [0, 0.05) is 5.69 Å². The molecule has 1 rings (SSSR count). The van der Waals surface area contributed by atoms with Crippen LogP contribution in [0.15, 0.2) is 30.3 Å². The van der Waals surface area contributed by atoms with Gasteiger partial charge in [-0.15, -0.1) is 0 Å². The molecule has 0 aliphatic carbocycles. The summed E-state index contributed by atoms with van der Waals surface area (Å²) in [5, 5.41) is 19.4. The number of anilines is 1. The highest BCUT2D eigenvalue weighted by atomic mass is 16.4. The molecule has 6 nitrogen and oxygen atoms in total.